The third-order valence-corrected chi connectivity index (χ3v) is 2.07. The SMILES string of the molecule is O=C1C(=O)N(c2ccccc2)N=C1C(F)(F)F. The Hall–Kier alpha value is -2.18. The molecule has 0 spiro atoms. The molecule has 1 aromatic rings. The second-order valence-electron chi connectivity index (χ2n) is 3.23. The number of hydrogen-bond acceptors (Lipinski definition) is 3. The predicted molar refractivity (Wildman–Crippen MR) is 52.4 cm³/mol. The second kappa shape index (κ2) is 3.69. The number of alkyl halides is 3. The maximum atomic E-state index is 12.3. The van der Waals surface area contributed by atoms with Gasteiger partial charge in [0.2, 0.25) is 5.71 Å². The molecule has 0 bridgehead atoms. The number of amides is 1. The van der Waals surface area contributed by atoms with Gasteiger partial charge in [-0.1, -0.05) is 18.2 Å². The van der Waals surface area contributed by atoms with Crippen LogP contribution in [0.25, 0.3) is 0 Å². The van der Waals surface area contributed by atoms with E-state index in [2.05, 4.69) is 5.10 Å². The number of carbonyl (C=O) groups excluding carboxylic acids is 2. The Labute approximate surface area is 93.3 Å². The number of para-hydroxylation sites is 1. The Kier molecular flexibility index (Phi) is 2.45. The lowest BCUT2D eigenvalue weighted by Gasteiger charge is -2.09. The summed E-state index contributed by atoms with van der Waals surface area (Å²) in [5, 5.41) is 3.47. The van der Waals surface area contributed by atoms with Crippen LogP contribution >= 0.6 is 0 Å². The zero-order valence-corrected chi connectivity index (χ0v) is 8.23. The van der Waals surface area contributed by atoms with E-state index in [4.69, 9.17) is 0 Å². The Bertz CT molecular complexity index is 508. The topological polar surface area (TPSA) is 49.7 Å². The molecule has 88 valence electrons. The van der Waals surface area contributed by atoms with Crippen molar-refractivity contribution in [3.05, 3.63) is 30.3 Å². The zero-order valence-electron chi connectivity index (χ0n) is 8.23. The summed E-state index contributed by atoms with van der Waals surface area (Å²) in [6.07, 6.45) is -4.92. The fraction of sp³-hybridized carbons (Fsp3) is 0.100. The fourth-order valence-corrected chi connectivity index (χ4v) is 1.32. The van der Waals surface area contributed by atoms with Crippen LogP contribution in [0.4, 0.5) is 18.9 Å². The maximum absolute atomic E-state index is 12.3. The van der Waals surface area contributed by atoms with E-state index in [9.17, 15) is 22.8 Å². The minimum absolute atomic E-state index is 0.116. The standard InChI is InChI=1S/C10H5F3N2O2/c11-10(12,13)8-7(16)9(17)15(14-8)6-4-2-1-3-5-6/h1-5H. The molecule has 1 aliphatic rings. The average molecular weight is 242 g/mol. The van der Waals surface area contributed by atoms with Gasteiger partial charge >= 0.3 is 12.1 Å². The van der Waals surface area contributed by atoms with Crippen molar-refractivity contribution in [2.24, 2.45) is 5.10 Å². The number of benzene rings is 1. The fourth-order valence-electron chi connectivity index (χ4n) is 1.32. The molecule has 0 aliphatic carbocycles. The summed E-state index contributed by atoms with van der Waals surface area (Å²) in [4.78, 5) is 22.4. The van der Waals surface area contributed by atoms with Crippen LogP contribution in [-0.2, 0) is 9.59 Å². The second-order valence-corrected chi connectivity index (χ2v) is 3.23. The first kappa shape index (κ1) is 11.3. The van der Waals surface area contributed by atoms with Crippen molar-refractivity contribution in [1.82, 2.24) is 0 Å². The van der Waals surface area contributed by atoms with Gasteiger partial charge in [-0.3, -0.25) is 9.59 Å². The van der Waals surface area contributed by atoms with Crippen LogP contribution < -0.4 is 5.01 Å². The molecular formula is C10H5F3N2O2. The minimum atomic E-state index is -4.92. The highest BCUT2D eigenvalue weighted by atomic mass is 19.4. The minimum Gasteiger partial charge on any atom is -0.281 e. The van der Waals surface area contributed by atoms with Gasteiger partial charge in [0, 0.05) is 0 Å². The van der Waals surface area contributed by atoms with E-state index in [0.717, 1.165) is 0 Å². The molecule has 0 saturated heterocycles. The Morgan fingerprint density at radius 3 is 2.12 bits per heavy atom. The number of ketones is 1. The summed E-state index contributed by atoms with van der Waals surface area (Å²) >= 11 is 0. The summed E-state index contributed by atoms with van der Waals surface area (Å²) < 4.78 is 37.0. The van der Waals surface area contributed by atoms with Crippen molar-refractivity contribution < 1.29 is 22.8 Å². The molecular weight excluding hydrogens is 237 g/mol. The monoisotopic (exact) mass is 242 g/mol. The molecule has 0 saturated carbocycles. The molecule has 17 heavy (non-hydrogen) atoms. The Balaban J connectivity index is 2.42. The summed E-state index contributed by atoms with van der Waals surface area (Å²) in [6.45, 7) is 0. The molecule has 1 aliphatic heterocycles. The molecule has 0 unspecified atom stereocenters. The van der Waals surface area contributed by atoms with Crippen molar-refractivity contribution in [3.63, 3.8) is 0 Å². The first-order valence-corrected chi connectivity index (χ1v) is 4.51. The summed E-state index contributed by atoms with van der Waals surface area (Å²) in [5.41, 5.74) is -1.57. The molecule has 7 heteroatoms. The number of hydrazone groups is 1. The lowest BCUT2D eigenvalue weighted by atomic mass is 10.2. The van der Waals surface area contributed by atoms with Gasteiger partial charge < -0.3 is 0 Å². The molecule has 0 fully saturated rings. The molecule has 0 aromatic heterocycles. The van der Waals surface area contributed by atoms with E-state index in [1.54, 1.807) is 6.07 Å². The van der Waals surface area contributed by atoms with Crippen molar-refractivity contribution in [2.45, 2.75) is 6.18 Å². The highest BCUT2D eigenvalue weighted by Gasteiger charge is 2.49. The predicted octanol–water partition coefficient (Wildman–Crippen LogP) is 1.52. The van der Waals surface area contributed by atoms with Gasteiger partial charge in [-0.15, -0.1) is 0 Å². The highest BCUT2D eigenvalue weighted by molar-refractivity contribution is 6.70. The van der Waals surface area contributed by atoms with E-state index >= 15 is 0 Å². The maximum Gasteiger partial charge on any atom is 0.439 e. The summed E-state index contributed by atoms with van der Waals surface area (Å²) in [6, 6.07) is 7.44. The first-order valence-electron chi connectivity index (χ1n) is 4.51. The molecule has 0 N–H and O–H groups in total. The van der Waals surface area contributed by atoms with Gasteiger partial charge in [-0.25, -0.2) is 0 Å². The molecule has 0 radical (unpaired) electrons. The normalized spacial score (nSPS) is 16.4. The highest BCUT2D eigenvalue weighted by Crippen LogP contribution is 2.26. The lowest BCUT2D eigenvalue weighted by molar-refractivity contribution is -0.133. The van der Waals surface area contributed by atoms with Crippen molar-refractivity contribution >= 4 is 23.1 Å². The van der Waals surface area contributed by atoms with Gasteiger partial charge in [-0.05, 0) is 12.1 Å². The number of Topliss-reactive ketones (excluding diaryl/α,β-unsaturated/α-hetero) is 1. The van der Waals surface area contributed by atoms with Crippen LogP contribution in [-0.4, -0.2) is 23.6 Å². The van der Waals surface area contributed by atoms with E-state index in [-0.39, 0.29) is 5.69 Å². The van der Waals surface area contributed by atoms with Gasteiger partial charge in [0.15, 0.2) is 0 Å². The average Bonchev–Trinajstić information content (AvgIpc) is 2.57. The lowest BCUT2D eigenvalue weighted by Crippen LogP contribution is -2.33. The Morgan fingerprint density at radius 2 is 1.65 bits per heavy atom. The first-order chi connectivity index (χ1) is 7.91. The summed E-state index contributed by atoms with van der Waals surface area (Å²) in [5.74, 6) is -2.94. The van der Waals surface area contributed by atoms with Gasteiger partial charge in [0.25, 0.3) is 5.78 Å². The number of halogens is 3. The van der Waals surface area contributed by atoms with Gasteiger partial charge in [-0.2, -0.15) is 23.3 Å². The van der Waals surface area contributed by atoms with Crippen LogP contribution in [0, 0.1) is 0 Å². The van der Waals surface area contributed by atoms with Crippen LogP contribution in [0.1, 0.15) is 0 Å². The third-order valence-electron chi connectivity index (χ3n) is 2.07. The van der Waals surface area contributed by atoms with Crippen molar-refractivity contribution in [1.29, 1.82) is 0 Å². The van der Waals surface area contributed by atoms with Crippen LogP contribution in [0.15, 0.2) is 35.4 Å². The number of nitrogens with zero attached hydrogens (tertiary/aromatic N) is 2. The molecule has 1 aromatic carbocycles. The number of rotatable bonds is 1. The van der Waals surface area contributed by atoms with Crippen LogP contribution in [0.2, 0.25) is 0 Å². The van der Waals surface area contributed by atoms with Crippen LogP contribution in [0.3, 0.4) is 0 Å². The summed E-state index contributed by atoms with van der Waals surface area (Å²) in [7, 11) is 0. The van der Waals surface area contributed by atoms with E-state index < -0.39 is 23.6 Å². The molecule has 4 nitrogen and oxygen atoms in total. The van der Waals surface area contributed by atoms with Crippen LogP contribution in [0.5, 0.6) is 0 Å². The molecule has 1 amide bonds. The van der Waals surface area contributed by atoms with E-state index in [1.807, 2.05) is 0 Å². The van der Waals surface area contributed by atoms with Crippen molar-refractivity contribution in [3.8, 4) is 0 Å². The number of anilines is 1. The van der Waals surface area contributed by atoms with E-state index in [1.165, 1.54) is 24.3 Å². The zero-order chi connectivity index (χ0) is 12.6. The molecule has 1 heterocycles. The molecule has 0 atom stereocenters. The van der Waals surface area contributed by atoms with E-state index in [0.29, 0.717) is 5.01 Å². The number of hydrogen-bond donors (Lipinski definition) is 0. The smallest absolute Gasteiger partial charge is 0.281 e. The number of carbonyl (C=O) groups is 2. The van der Waals surface area contributed by atoms with Crippen molar-refractivity contribution in [2.75, 3.05) is 5.01 Å². The third kappa shape index (κ3) is 1.91. The largest absolute Gasteiger partial charge is 0.439 e. The molecule has 2 rings (SSSR count). The quantitative estimate of drug-likeness (QED) is 0.701. The Morgan fingerprint density at radius 1 is 1.06 bits per heavy atom. The van der Waals surface area contributed by atoms with Gasteiger partial charge in [0.05, 0.1) is 5.69 Å². The van der Waals surface area contributed by atoms with Gasteiger partial charge in [0.1, 0.15) is 0 Å².